The monoisotopic (exact) mass is 314 g/mol. The first-order valence-electron chi connectivity index (χ1n) is 4.68. The summed E-state index contributed by atoms with van der Waals surface area (Å²) in [6.07, 6.45) is 0. The van der Waals surface area contributed by atoms with Crippen LogP contribution in [0.3, 0.4) is 0 Å². The van der Waals surface area contributed by atoms with E-state index in [1.807, 2.05) is 0 Å². The lowest BCUT2D eigenvalue weighted by molar-refractivity contribution is 1.41. The Balaban J connectivity index is 2.98. The van der Waals surface area contributed by atoms with Crippen molar-refractivity contribution in [2.45, 2.75) is 26.6 Å². The lowest BCUT2D eigenvalue weighted by Crippen LogP contribution is -2.16. The van der Waals surface area contributed by atoms with Crippen molar-refractivity contribution in [1.82, 2.24) is 0 Å². The number of benzene rings is 1. The summed E-state index contributed by atoms with van der Waals surface area (Å²) in [7, 11) is -1.23. The molecule has 0 atom stereocenters. The standard InChI is InChI=1S/C12H15ISi/c1-10-9-11(5-6-12(10)13)7-8-14(2,3)4/h5-6,9H,1-4H3. The molecule has 1 aromatic rings. The SMILES string of the molecule is Cc1cc(C#C[Si](C)(C)C)ccc1I. The molecule has 0 N–H and O–H groups in total. The zero-order valence-electron chi connectivity index (χ0n) is 9.11. The van der Waals surface area contributed by atoms with Crippen molar-refractivity contribution in [1.29, 1.82) is 0 Å². The molecule has 0 saturated carbocycles. The second-order valence-corrected chi connectivity index (χ2v) is 10.4. The number of hydrogen-bond acceptors (Lipinski definition) is 0. The third-order valence-electron chi connectivity index (χ3n) is 1.74. The summed E-state index contributed by atoms with van der Waals surface area (Å²) in [5.41, 5.74) is 5.83. The normalized spacial score (nSPS) is 10.6. The lowest BCUT2D eigenvalue weighted by atomic mass is 10.1. The van der Waals surface area contributed by atoms with Crippen molar-refractivity contribution in [2.75, 3.05) is 0 Å². The topological polar surface area (TPSA) is 0 Å². The maximum absolute atomic E-state index is 3.37. The quantitative estimate of drug-likeness (QED) is 0.388. The molecular formula is C12H15ISi. The van der Waals surface area contributed by atoms with E-state index >= 15 is 0 Å². The molecule has 0 nitrogen and oxygen atoms in total. The van der Waals surface area contributed by atoms with Crippen molar-refractivity contribution in [3.63, 3.8) is 0 Å². The van der Waals surface area contributed by atoms with E-state index < -0.39 is 8.07 Å². The third-order valence-corrected chi connectivity index (χ3v) is 3.83. The minimum Gasteiger partial charge on any atom is -0.127 e. The first-order valence-corrected chi connectivity index (χ1v) is 9.26. The van der Waals surface area contributed by atoms with Crippen LogP contribution in [0.5, 0.6) is 0 Å². The molecule has 0 unspecified atom stereocenters. The Kier molecular flexibility index (Phi) is 3.79. The van der Waals surface area contributed by atoms with Gasteiger partial charge in [0.25, 0.3) is 0 Å². The van der Waals surface area contributed by atoms with Gasteiger partial charge < -0.3 is 0 Å². The first kappa shape index (κ1) is 11.8. The molecule has 0 aliphatic rings. The van der Waals surface area contributed by atoms with Crippen LogP contribution in [-0.4, -0.2) is 8.07 Å². The van der Waals surface area contributed by atoms with Crippen LogP contribution in [0.25, 0.3) is 0 Å². The molecule has 0 aliphatic carbocycles. The summed E-state index contributed by atoms with van der Waals surface area (Å²) >= 11 is 2.35. The third kappa shape index (κ3) is 3.85. The van der Waals surface area contributed by atoms with E-state index in [9.17, 15) is 0 Å². The fourth-order valence-electron chi connectivity index (χ4n) is 0.982. The molecule has 0 aliphatic heterocycles. The molecule has 0 spiro atoms. The van der Waals surface area contributed by atoms with E-state index in [2.05, 4.69) is 78.8 Å². The molecule has 0 radical (unpaired) electrons. The molecular weight excluding hydrogens is 299 g/mol. The van der Waals surface area contributed by atoms with Crippen molar-refractivity contribution < 1.29 is 0 Å². The number of halogens is 1. The van der Waals surface area contributed by atoms with Crippen molar-refractivity contribution in [2.24, 2.45) is 0 Å². The van der Waals surface area contributed by atoms with Gasteiger partial charge >= 0.3 is 0 Å². The minimum absolute atomic E-state index is 1.14. The van der Waals surface area contributed by atoms with Crippen molar-refractivity contribution in [3.8, 4) is 11.5 Å². The highest BCUT2D eigenvalue weighted by Gasteiger charge is 2.07. The highest BCUT2D eigenvalue weighted by Crippen LogP contribution is 2.12. The van der Waals surface area contributed by atoms with Gasteiger partial charge in [0.05, 0.1) is 0 Å². The van der Waals surface area contributed by atoms with Crippen LogP contribution in [-0.2, 0) is 0 Å². The largest absolute Gasteiger partial charge is 0.129 e. The van der Waals surface area contributed by atoms with E-state index in [1.54, 1.807) is 0 Å². The van der Waals surface area contributed by atoms with Gasteiger partial charge in [-0.25, -0.2) is 0 Å². The van der Waals surface area contributed by atoms with Crippen LogP contribution in [0.2, 0.25) is 19.6 Å². The molecule has 0 bridgehead atoms. The number of rotatable bonds is 0. The smallest absolute Gasteiger partial charge is 0.127 e. The summed E-state index contributed by atoms with van der Waals surface area (Å²) in [5, 5.41) is 0. The zero-order chi connectivity index (χ0) is 10.8. The first-order chi connectivity index (χ1) is 6.38. The number of hydrogen-bond donors (Lipinski definition) is 0. The van der Waals surface area contributed by atoms with Crippen LogP contribution in [0.4, 0.5) is 0 Å². The fourth-order valence-corrected chi connectivity index (χ4v) is 1.84. The Hall–Kier alpha value is -0.273. The molecule has 0 amide bonds. The van der Waals surface area contributed by atoms with Gasteiger partial charge in [-0.3, -0.25) is 0 Å². The zero-order valence-corrected chi connectivity index (χ0v) is 12.3. The van der Waals surface area contributed by atoms with Crippen molar-refractivity contribution >= 4 is 30.7 Å². The van der Waals surface area contributed by atoms with Gasteiger partial charge in [-0.05, 0) is 53.3 Å². The van der Waals surface area contributed by atoms with Gasteiger partial charge in [0.15, 0.2) is 0 Å². The van der Waals surface area contributed by atoms with Gasteiger partial charge in [0.1, 0.15) is 8.07 Å². The highest BCUT2D eigenvalue weighted by atomic mass is 127. The maximum atomic E-state index is 3.37. The molecule has 0 fully saturated rings. The minimum atomic E-state index is -1.23. The van der Waals surface area contributed by atoms with Gasteiger partial charge in [-0.1, -0.05) is 25.6 Å². The Morgan fingerprint density at radius 1 is 1.21 bits per heavy atom. The van der Waals surface area contributed by atoms with Crippen LogP contribution in [0.1, 0.15) is 11.1 Å². The lowest BCUT2D eigenvalue weighted by Gasteiger charge is -2.03. The molecule has 74 valence electrons. The number of aryl methyl sites for hydroxylation is 1. The van der Waals surface area contributed by atoms with Crippen LogP contribution in [0, 0.1) is 22.0 Å². The summed E-state index contributed by atoms with van der Waals surface area (Å²) in [5.74, 6) is 3.26. The summed E-state index contributed by atoms with van der Waals surface area (Å²) < 4.78 is 1.31. The maximum Gasteiger partial charge on any atom is 0.129 e. The molecule has 0 heterocycles. The molecule has 1 rings (SSSR count). The van der Waals surface area contributed by atoms with Crippen molar-refractivity contribution in [3.05, 3.63) is 32.9 Å². The average molecular weight is 314 g/mol. The summed E-state index contributed by atoms with van der Waals surface area (Å²) in [6.45, 7) is 8.92. The van der Waals surface area contributed by atoms with Crippen LogP contribution in [0.15, 0.2) is 18.2 Å². The molecule has 14 heavy (non-hydrogen) atoms. The van der Waals surface area contributed by atoms with E-state index in [4.69, 9.17) is 0 Å². The van der Waals surface area contributed by atoms with Gasteiger partial charge in [-0.2, -0.15) is 0 Å². The van der Waals surface area contributed by atoms with E-state index in [1.165, 1.54) is 9.13 Å². The Labute approximate surface area is 101 Å². The predicted molar refractivity (Wildman–Crippen MR) is 74.1 cm³/mol. The Morgan fingerprint density at radius 2 is 1.86 bits per heavy atom. The second kappa shape index (κ2) is 4.50. The van der Waals surface area contributed by atoms with Gasteiger partial charge in [0.2, 0.25) is 0 Å². The molecule has 2 heteroatoms. The molecule has 0 saturated heterocycles. The fraction of sp³-hybridized carbons (Fsp3) is 0.333. The predicted octanol–water partition coefficient (Wildman–Crippen LogP) is 3.83. The van der Waals surface area contributed by atoms with Gasteiger partial charge in [0, 0.05) is 9.13 Å². The van der Waals surface area contributed by atoms with Crippen LogP contribution < -0.4 is 0 Å². The van der Waals surface area contributed by atoms with E-state index in [-0.39, 0.29) is 0 Å². The summed E-state index contributed by atoms with van der Waals surface area (Å²) in [4.78, 5) is 0. The van der Waals surface area contributed by atoms with E-state index in [0.29, 0.717) is 0 Å². The van der Waals surface area contributed by atoms with Crippen LogP contribution >= 0.6 is 22.6 Å². The molecule has 0 aromatic heterocycles. The summed E-state index contributed by atoms with van der Waals surface area (Å²) in [6, 6.07) is 6.39. The average Bonchev–Trinajstić information content (AvgIpc) is 2.06. The van der Waals surface area contributed by atoms with Gasteiger partial charge in [-0.15, -0.1) is 5.54 Å². The second-order valence-electron chi connectivity index (χ2n) is 4.46. The highest BCUT2D eigenvalue weighted by molar-refractivity contribution is 14.1. The Bertz CT molecular complexity index is 391. The Morgan fingerprint density at radius 3 is 2.36 bits per heavy atom. The van der Waals surface area contributed by atoms with E-state index in [0.717, 1.165) is 5.56 Å². The molecule has 1 aromatic carbocycles.